The van der Waals surface area contributed by atoms with Gasteiger partial charge in [-0.1, -0.05) is 12.1 Å². The molecule has 1 aliphatic heterocycles. The van der Waals surface area contributed by atoms with Crippen molar-refractivity contribution in [3.05, 3.63) is 35.6 Å². The molecule has 0 aromatic heterocycles. The highest BCUT2D eigenvalue weighted by atomic mass is 19.1. The molecule has 1 heterocycles. The second kappa shape index (κ2) is 6.63. The number of aliphatic hydroxyl groups is 1. The van der Waals surface area contributed by atoms with Crippen LogP contribution in [0.4, 0.5) is 4.39 Å². The Labute approximate surface area is 112 Å². The van der Waals surface area contributed by atoms with Gasteiger partial charge in [-0.05, 0) is 30.5 Å². The summed E-state index contributed by atoms with van der Waals surface area (Å²) in [6.45, 7) is 2.11. The highest BCUT2D eigenvalue weighted by molar-refractivity contribution is 5.78. The van der Waals surface area contributed by atoms with Gasteiger partial charge in [0.15, 0.2) is 0 Å². The molecule has 4 nitrogen and oxygen atoms in total. The van der Waals surface area contributed by atoms with Crippen LogP contribution in [0, 0.1) is 5.82 Å². The number of hydrogen-bond acceptors (Lipinski definition) is 3. The van der Waals surface area contributed by atoms with Gasteiger partial charge < -0.3 is 15.3 Å². The summed E-state index contributed by atoms with van der Waals surface area (Å²) in [7, 11) is 0. The van der Waals surface area contributed by atoms with Gasteiger partial charge in [0.25, 0.3) is 0 Å². The van der Waals surface area contributed by atoms with Crippen molar-refractivity contribution in [2.75, 3.05) is 26.2 Å². The summed E-state index contributed by atoms with van der Waals surface area (Å²) >= 11 is 0. The molecule has 1 aromatic carbocycles. The lowest BCUT2D eigenvalue weighted by Gasteiger charge is -2.17. The molecule has 1 fully saturated rings. The maximum absolute atomic E-state index is 13.0. The summed E-state index contributed by atoms with van der Waals surface area (Å²) in [5, 5.41) is 12.8. The third kappa shape index (κ3) is 4.01. The number of halogens is 1. The van der Waals surface area contributed by atoms with E-state index in [1.54, 1.807) is 12.1 Å². The minimum Gasteiger partial charge on any atom is -0.387 e. The zero-order valence-corrected chi connectivity index (χ0v) is 10.8. The Morgan fingerprint density at radius 3 is 2.84 bits per heavy atom. The molecule has 0 spiro atoms. The molecule has 0 radical (unpaired) electrons. The molecule has 0 saturated carbocycles. The highest BCUT2D eigenvalue weighted by Gasteiger charge is 2.17. The van der Waals surface area contributed by atoms with Crippen LogP contribution in [0.3, 0.4) is 0 Å². The van der Waals surface area contributed by atoms with Crippen molar-refractivity contribution in [3.8, 4) is 0 Å². The zero-order chi connectivity index (χ0) is 13.7. The zero-order valence-electron chi connectivity index (χ0n) is 10.8. The minimum atomic E-state index is -0.804. The largest absolute Gasteiger partial charge is 0.387 e. The third-order valence-electron chi connectivity index (χ3n) is 3.31. The Morgan fingerprint density at radius 2 is 2.16 bits per heavy atom. The predicted molar refractivity (Wildman–Crippen MR) is 70.0 cm³/mol. The average molecular weight is 266 g/mol. The number of aliphatic hydroxyl groups excluding tert-OH is 1. The van der Waals surface area contributed by atoms with Gasteiger partial charge in [-0.2, -0.15) is 0 Å². The van der Waals surface area contributed by atoms with Gasteiger partial charge >= 0.3 is 0 Å². The second-order valence-corrected chi connectivity index (χ2v) is 4.79. The van der Waals surface area contributed by atoms with Crippen molar-refractivity contribution < 1.29 is 14.3 Å². The molecule has 0 aliphatic carbocycles. The number of amides is 1. The number of nitrogens with zero attached hydrogens (tertiary/aromatic N) is 1. The summed E-state index contributed by atoms with van der Waals surface area (Å²) < 4.78 is 13.0. The lowest BCUT2D eigenvalue weighted by molar-refractivity contribution is -0.129. The van der Waals surface area contributed by atoms with Crippen molar-refractivity contribution in [3.63, 3.8) is 0 Å². The van der Waals surface area contributed by atoms with E-state index in [4.69, 9.17) is 0 Å². The standard InChI is InChI=1S/C14H19FN2O2/c15-12-5-3-4-11(8-12)13(18)9-16-10-14(19)17-6-1-2-7-17/h3-5,8,13,16,18H,1-2,6-7,9-10H2. The van der Waals surface area contributed by atoms with Crippen LogP contribution in [0.15, 0.2) is 24.3 Å². The number of hydrogen-bond donors (Lipinski definition) is 2. The van der Waals surface area contributed by atoms with Gasteiger partial charge in [0.2, 0.25) is 5.91 Å². The summed E-state index contributed by atoms with van der Waals surface area (Å²) in [6.07, 6.45) is 1.33. The van der Waals surface area contributed by atoms with E-state index in [1.165, 1.54) is 12.1 Å². The molecule has 1 saturated heterocycles. The first-order chi connectivity index (χ1) is 9.16. The number of likely N-dealkylation sites (tertiary alicyclic amines) is 1. The maximum Gasteiger partial charge on any atom is 0.236 e. The monoisotopic (exact) mass is 266 g/mol. The molecular weight excluding hydrogens is 247 g/mol. The first kappa shape index (κ1) is 14.0. The normalized spacial score (nSPS) is 16.6. The molecule has 0 bridgehead atoms. The van der Waals surface area contributed by atoms with Gasteiger partial charge in [-0.25, -0.2) is 4.39 Å². The Morgan fingerprint density at radius 1 is 1.42 bits per heavy atom. The van der Waals surface area contributed by atoms with E-state index in [1.807, 2.05) is 4.90 Å². The van der Waals surface area contributed by atoms with Crippen molar-refractivity contribution in [1.29, 1.82) is 0 Å². The van der Waals surface area contributed by atoms with Crippen LogP contribution in [-0.2, 0) is 4.79 Å². The van der Waals surface area contributed by atoms with Crippen molar-refractivity contribution >= 4 is 5.91 Å². The number of nitrogens with one attached hydrogen (secondary N) is 1. The molecule has 1 amide bonds. The molecule has 2 N–H and O–H groups in total. The molecule has 2 rings (SSSR count). The number of carbonyl (C=O) groups excluding carboxylic acids is 1. The fraction of sp³-hybridized carbons (Fsp3) is 0.500. The first-order valence-corrected chi connectivity index (χ1v) is 6.59. The Hall–Kier alpha value is -1.46. The molecule has 5 heteroatoms. The molecule has 1 aliphatic rings. The van der Waals surface area contributed by atoms with E-state index in [0.29, 0.717) is 5.56 Å². The molecule has 1 atom stereocenters. The predicted octanol–water partition coefficient (Wildman–Crippen LogP) is 1.07. The third-order valence-corrected chi connectivity index (χ3v) is 3.31. The van der Waals surface area contributed by atoms with Crippen molar-refractivity contribution in [2.45, 2.75) is 18.9 Å². The molecule has 19 heavy (non-hydrogen) atoms. The first-order valence-electron chi connectivity index (χ1n) is 6.59. The minimum absolute atomic E-state index is 0.0592. The van der Waals surface area contributed by atoms with Gasteiger partial charge in [0.1, 0.15) is 5.82 Å². The Bertz CT molecular complexity index is 433. The molecule has 1 aromatic rings. The lowest BCUT2D eigenvalue weighted by Crippen LogP contribution is -2.37. The van der Waals surface area contributed by atoms with Crippen molar-refractivity contribution in [1.82, 2.24) is 10.2 Å². The van der Waals surface area contributed by atoms with Gasteiger partial charge in [-0.3, -0.25) is 4.79 Å². The topological polar surface area (TPSA) is 52.6 Å². The summed E-state index contributed by atoms with van der Waals surface area (Å²) in [5.41, 5.74) is 0.515. The molecule has 104 valence electrons. The fourth-order valence-corrected chi connectivity index (χ4v) is 2.23. The quantitative estimate of drug-likeness (QED) is 0.838. The van der Waals surface area contributed by atoms with Crippen LogP contribution in [-0.4, -0.2) is 42.1 Å². The van der Waals surface area contributed by atoms with Crippen LogP contribution in [0.2, 0.25) is 0 Å². The average Bonchev–Trinajstić information content (AvgIpc) is 2.92. The molecular formula is C14H19FN2O2. The Kier molecular flexibility index (Phi) is 4.87. The van der Waals surface area contributed by atoms with Crippen molar-refractivity contribution in [2.24, 2.45) is 0 Å². The van der Waals surface area contributed by atoms with E-state index in [9.17, 15) is 14.3 Å². The van der Waals surface area contributed by atoms with E-state index in [2.05, 4.69) is 5.32 Å². The van der Waals surface area contributed by atoms with E-state index >= 15 is 0 Å². The SMILES string of the molecule is O=C(CNCC(O)c1cccc(F)c1)N1CCCC1. The fourth-order valence-electron chi connectivity index (χ4n) is 2.23. The molecule has 1 unspecified atom stereocenters. The van der Waals surface area contributed by atoms with Crippen LogP contribution in [0.25, 0.3) is 0 Å². The van der Waals surface area contributed by atoms with Crippen LogP contribution < -0.4 is 5.32 Å². The van der Waals surface area contributed by atoms with Crippen LogP contribution >= 0.6 is 0 Å². The number of benzene rings is 1. The highest BCUT2D eigenvalue weighted by Crippen LogP contribution is 2.13. The summed E-state index contributed by atoms with van der Waals surface area (Å²) in [5.74, 6) is -0.311. The van der Waals surface area contributed by atoms with E-state index < -0.39 is 6.10 Å². The van der Waals surface area contributed by atoms with Gasteiger partial charge in [0, 0.05) is 19.6 Å². The van der Waals surface area contributed by atoms with E-state index in [-0.39, 0.29) is 24.8 Å². The smallest absolute Gasteiger partial charge is 0.236 e. The summed E-state index contributed by atoms with van der Waals surface area (Å²) in [6, 6.07) is 5.86. The van der Waals surface area contributed by atoms with E-state index in [0.717, 1.165) is 25.9 Å². The lowest BCUT2D eigenvalue weighted by atomic mass is 10.1. The Balaban J connectivity index is 1.74. The van der Waals surface area contributed by atoms with Crippen LogP contribution in [0.1, 0.15) is 24.5 Å². The number of rotatable bonds is 5. The van der Waals surface area contributed by atoms with Gasteiger partial charge in [-0.15, -0.1) is 0 Å². The van der Waals surface area contributed by atoms with Crippen LogP contribution in [0.5, 0.6) is 0 Å². The van der Waals surface area contributed by atoms with Gasteiger partial charge in [0.05, 0.1) is 12.6 Å². The number of carbonyl (C=O) groups is 1. The summed E-state index contributed by atoms with van der Waals surface area (Å²) in [4.78, 5) is 13.6. The maximum atomic E-state index is 13.0. The second-order valence-electron chi connectivity index (χ2n) is 4.79.